The molecule has 0 saturated carbocycles. The molecule has 3 rings (SSSR count). The minimum absolute atomic E-state index is 0.686. The van der Waals surface area contributed by atoms with Crippen LogP contribution in [0.4, 0.5) is 0 Å². The summed E-state index contributed by atoms with van der Waals surface area (Å²) < 4.78 is 0. The summed E-state index contributed by atoms with van der Waals surface area (Å²) >= 11 is 0. The van der Waals surface area contributed by atoms with E-state index in [1.165, 1.54) is 40.6 Å². The lowest BCUT2D eigenvalue weighted by atomic mass is 9.89. The number of hydrogen-bond acceptors (Lipinski definition) is 1. The Morgan fingerprint density at radius 3 is 2.74 bits per heavy atom. The zero-order chi connectivity index (χ0) is 13.4. The van der Waals surface area contributed by atoms with E-state index in [9.17, 15) is 0 Å². The molecule has 19 heavy (non-hydrogen) atoms. The van der Waals surface area contributed by atoms with Crippen LogP contribution in [0, 0.1) is 6.92 Å². The Kier molecular flexibility index (Phi) is 3.09. The van der Waals surface area contributed by atoms with Crippen molar-refractivity contribution in [1.82, 2.24) is 9.88 Å². The molecule has 100 valence electrons. The molecule has 0 radical (unpaired) electrons. The standard InChI is InChI=1S/C17H22N2/c1-12(2)19-8-6-14(7-9-19)16-11-18-17-5-4-13(3)10-15(16)17/h4-5,10-11,14,18H,1,6-9H2,2-3H3. The number of aromatic nitrogens is 1. The predicted octanol–water partition coefficient (Wildman–Crippen LogP) is 4.19. The molecule has 1 aliphatic heterocycles. The van der Waals surface area contributed by atoms with Crippen LogP contribution in [-0.2, 0) is 0 Å². The number of fused-ring (bicyclic) bond motifs is 1. The highest BCUT2D eigenvalue weighted by atomic mass is 15.1. The van der Waals surface area contributed by atoms with Gasteiger partial charge in [0, 0.05) is 35.9 Å². The number of H-pyrrole nitrogens is 1. The monoisotopic (exact) mass is 254 g/mol. The average Bonchev–Trinajstić information content (AvgIpc) is 2.81. The van der Waals surface area contributed by atoms with Crippen LogP contribution in [0.15, 0.2) is 36.7 Å². The van der Waals surface area contributed by atoms with Crippen molar-refractivity contribution in [2.24, 2.45) is 0 Å². The van der Waals surface area contributed by atoms with Crippen molar-refractivity contribution in [3.05, 3.63) is 47.8 Å². The molecule has 2 heterocycles. The Labute approximate surface area is 115 Å². The molecule has 0 aliphatic carbocycles. The van der Waals surface area contributed by atoms with Gasteiger partial charge in [-0.2, -0.15) is 0 Å². The maximum Gasteiger partial charge on any atom is 0.0457 e. The third-order valence-corrected chi connectivity index (χ3v) is 4.34. The SMILES string of the molecule is C=C(C)N1CCC(c2c[nH]c3ccc(C)cc23)CC1. The van der Waals surface area contributed by atoms with Crippen molar-refractivity contribution in [3.8, 4) is 0 Å². The molecule has 1 aliphatic rings. The lowest BCUT2D eigenvalue weighted by Crippen LogP contribution is -2.31. The van der Waals surface area contributed by atoms with Crippen LogP contribution in [0.25, 0.3) is 10.9 Å². The molecule has 0 bridgehead atoms. The van der Waals surface area contributed by atoms with E-state index in [0.29, 0.717) is 5.92 Å². The lowest BCUT2D eigenvalue weighted by Gasteiger charge is -2.33. The Balaban J connectivity index is 1.85. The highest BCUT2D eigenvalue weighted by Crippen LogP contribution is 2.34. The summed E-state index contributed by atoms with van der Waals surface area (Å²) in [5.41, 5.74) is 5.31. The molecule has 0 spiro atoms. The molecule has 1 aromatic carbocycles. The van der Waals surface area contributed by atoms with Gasteiger partial charge in [-0.3, -0.25) is 0 Å². The lowest BCUT2D eigenvalue weighted by molar-refractivity contribution is 0.265. The highest BCUT2D eigenvalue weighted by Gasteiger charge is 2.22. The highest BCUT2D eigenvalue weighted by molar-refractivity contribution is 5.84. The van der Waals surface area contributed by atoms with E-state index in [0.717, 1.165) is 13.1 Å². The predicted molar refractivity (Wildman–Crippen MR) is 81.4 cm³/mol. The zero-order valence-corrected chi connectivity index (χ0v) is 11.9. The van der Waals surface area contributed by atoms with Gasteiger partial charge in [-0.05, 0) is 50.3 Å². The van der Waals surface area contributed by atoms with E-state index in [-0.39, 0.29) is 0 Å². The molecule has 2 heteroatoms. The van der Waals surface area contributed by atoms with Crippen LogP contribution in [0.5, 0.6) is 0 Å². The van der Waals surface area contributed by atoms with E-state index in [4.69, 9.17) is 0 Å². The largest absolute Gasteiger partial charge is 0.375 e. The van der Waals surface area contributed by atoms with Crippen molar-refractivity contribution < 1.29 is 0 Å². The van der Waals surface area contributed by atoms with E-state index >= 15 is 0 Å². The van der Waals surface area contributed by atoms with Gasteiger partial charge in [-0.15, -0.1) is 0 Å². The quantitative estimate of drug-likeness (QED) is 0.851. The van der Waals surface area contributed by atoms with E-state index in [2.05, 4.69) is 54.7 Å². The maximum absolute atomic E-state index is 4.05. The number of piperidine rings is 1. The summed E-state index contributed by atoms with van der Waals surface area (Å²) in [7, 11) is 0. The summed E-state index contributed by atoms with van der Waals surface area (Å²) in [6.07, 6.45) is 4.67. The smallest absolute Gasteiger partial charge is 0.0457 e. The third-order valence-electron chi connectivity index (χ3n) is 4.34. The fourth-order valence-electron chi connectivity index (χ4n) is 3.17. The first kappa shape index (κ1) is 12.3. The van der Waals surface area contributed by atoms with Gasteiger partial charge in [0.25, 0.3) is 0 Å². The minimum atomic E-state index is 0.686. The Morgan fingerprint density at radius 1 is 1.32 bits per heavy atom. The molecule has 0 unspecified atom stereocenters. The second-order valence-electron chi connectivity index (χ2n) is 5.79. The molecule has 2 aromatic rings. The summed E-state index contributed by atoms with van der Waals surface area (Å²) in [6.45, 7) is 10.6. The Bertz CT molecular complexity index is 601. The molecular formula is C17H22N2. The first-order valence-corrected chi connectivity index (χ1v) is 7.13. The van der Waals surface area contributed by atoms with E-state index in [1.807, 2.05) is 0 Å². The second-order valence-corrected chi connectivity index (χ2v) is 5.79. The fraction of sp³-hybridized carbons (Fsp3) is 0.412. The van der Waals surface area contributed by atoms with Crippen LogP contribution in [-0.4, -0.2) is 23.0 Å². The number of allylic oxidation sites excluding steroid dienone is 1. The number of rotatable bonds is 2. The van der Waals surface area contributed by atoms with Crippen LogP contribution in [0.1, 0.15) is 36.8 Å². The second kappa shape index (κ2) is 4.76. The van der Waals surface area contributed by atoms with E-state index in [1.54, 1.807) is 0 Å². The summed E-state index contributed by atoms with van der Waals surface area (Å²) in [4.78, 5) is 5.81. The number of aryl methyl sites for hydroxylation is 1. The van der Waals surface area contributed by atoms with Gasteiger partial charge in [0.1, 0.15) is 0 Å². The van der Waals surface area contributed by atoms with Gasteiger partial charge in [0.05, 0.1) is 0 Å². The van der Waals surface area contributed by atoms with Gasteiger partial charge < -0.3 is 9.88 Å². The van der Waals surface area contributed by atoms with Crippen molar-refractivity contribution in [1.29, 1.82) is 0 Å². The number of nitrogens with one attached hydrogen (secondary N) is 1. The van der Waals surface area contributed by atoms with Crippen LogP contribution in [0.2, 0.25) is 0 Å². The van der Waals surface area contributed by atoms with Crippen molar-refractivity contribution in [2.75, 3.05) is 13.1 Å². The normalized spacial score (nSPS) is 17.1. The number of aromatic amines is 1. The first-order valence-electron chi connectivity index (χ1n) is 7.13. The van der Waals surface area contributed by atoms with Crippen molar-refractivity contribution >= 4 is 10.9 Å². The summed E-state index contributed by atoms with van der Waals surface area (Å²) in [5.74, 6) is 0.686. The van der Waals surface area contributed by atoms with Gasteiger partial charge in [0.2, 0.25) is 0 Å². The number of hydrogen-bond donors (Lipinski definition) is 1. The molecule has 2 nitrogen and oxygen atoms in total. The Morgan fingerprint density at radius 2 is 2.05 bits per heavy atom. The van der Waals surface area contributed by atoms with Gasteiger partial charge in [-0.25, -0.2) is 0 Å². The summed E-state index contributed by atoms with van der Waals surface area (Å²) in [5, 5.41) is 1.41. The number of nitrogens with zero attached hydrogens (tertiary/aromatic N) is 1. The molecule has 0 amide bonds. The first-order chi connectivity index (χ1) is 9.15. The van der Waals surface area contributed by atoms with Crippen LogP contribution >= 0.6 is 0 Å². The van der Waals surface area contributed by atoms with Crippen LogP contribution < -0.4 is 0 Å². The fourth-order valence-corrected chi connectivity index (χ4v) is 3.17. The van der Waals surface area contributed by atoms with Gasteiger partial charge in [0.15, 0.2) is 0 Å². The van der Waals surface area contributed by atoms with Crippen molar-refractivity contribution in [3.63, 3.8) is 0 Å². The number of benzene rings is 1. The van der Waals surface area contributed by atoms with E-state index < -0.39 is 0 Å². The van der Waals surface area contributed by atoms with Gasteiger partial charge >= 0.3 is 0 Å². The molecule has 0 atom stereocenters. The minimum Gasteiger partial charge on any atom is -0.375 e. The maximum atomic E-state index is 4.05. The molecule has 1 aromatic heterocycles. The average molecular weight is 254 g/mol. The molecule has 1 saturated heterocycles. The Hall–Kier alpha value is -1.70. The molecule has 1 N–H and O–H groups in total. The topological polar surface area (TPSA) is 19.0 Å². The van der Waals surface area contributed by atoms with Crippen LogP contribution in [0.3, 0.4) is 0 Å². The zero-order valence-electron chi connectivity index (χ0n) is 11.9. The number of likely N-dealkylation sites (tertiary alicyclic amines) is 1. The van der Waals surface area contributed by atoms with Crippen molar-refractivity contribution in [2.45, 2.75) is 32.6 Å². The van der Waals surface area contributed by atoms with Gasteiger partial charge in [-0.1, -0.05) is 18.2 Å². The molecular weight excluding hydrogens is 232 g/mol. The third kappa shape index (κ3) is 2.27. The summed E-state index contributed by atoms with van der Waals surface area (Å²) in [6, 6.07) is 6.68. The molecule has 1 fully saturated rings.